The first-order chi connectivity index (χ1) is 12.0. The fraction of sp³-hybridized carbons (Fsp3) is 0.235. The molecule has 0 unspecified atom stereocenters. The van der Waals surface area contributed by atoms with Crippen LogP contribution in [0.2, 0.25) is 0 Å². The van der Waals surface area contributed by atoms with Crippen LogP contribution in [-0.2, 0) is 4.79 Å². The van der Waals surface area contributed by atoms with Crippen LogP contribution in [0.4, 0.5) is 10.5 Å². The molecular weight excluding hydrogens is 342 g/mol. The van der Waals surface area contributed by atoms with Gasteiger partial charge in [-0.05, 0) is 35.7 Å². The van der Waals surface area contributed by atoms with Gasteiger partial charge in [-0.25, -0.2) is 4.79 Å². The Labute approximate surface area is 148 Å². The van der Waals surface area contributed by atoms with E-state index in [2.05, 4.69) is 10.6 Å². The van der Waals surface area contributed by atoms with Crippen molar-refractivity contribution in [1.29, 1.82) is 0 Å². The third-order valence-electron chi connectivity index (χ3n) is 3.87. The predicted octanol–water partition coefficient (Wildman–Crippen LogP) is 2.22. The standard InChI is InChI=1S/C17H17N3O4S/c21-15(22)10-13(14-2-1-9-25-14)19-16(23)11-3-5-12(6-4-11)20-8-7-18-17(20)24/h1-6,9,13H,7-8,10H2,(H,18,24)(H,19,23)(H,21,22)/t13-/m0/s1. The minimum absolute atomic E-state index is 0.156. The van der Waals surface area contributed by atoms with Gasteiger partial charge in [0, 0.05) is 29.2 Å². The average molecular weight is 359 g/mol. The van der Waals surface area contributed by atoms with Gasteiger partial charge in [-0.15, -0.1) is 11.3 Å². The number of carboxylic acids is 1. The zero-order valence-electron chi connectivity index (χ0n) is 13.3. The van der Waals surface area contributed by atoms with E-state index in [0.717, 1.165) is 4.88 Å². The molecule has 1 aliphatic heterocycles. The summed E-state index contributed by atoms with van der Waals surface area (Å²) in [6.07, 6.45) is -0.182. The van der Waals surface area contributed by atoms with Gasteiger partial charge >= 0.3 is 12.0 Å². The minimum Gasteiger partial charge on any atom is -0.481 e. The van der Waals surface area contributed by atoms with Crippen LogP contribution in [0.3, 0.4) is 0 Å². The van der Waals surface area contributed by atoms with Crippen molar-refractivity contribution in [2.75, 3.05) is 18.0 Å². The van der Waals surface area contributed by atoms with Gasteiger partial charge in [0.1, 0.15) is 0 Å². The first kappa shape index (κ1) is 17.0. The molecule has 3 amide bonds. The molecule has 0 bridgehead atoms. The third-order valence-corrected chi connectivity index (χ3v) is 4.85. The van der Waals surface area contributed by atoms with Crippen molar-refractivity contribution in [3.8, 4) is 0 Å². The van der Waals surface area contributed by atoms with Crippen molar-refractivity contribution in [3.05, 3.63) is 52.2 Å². The molecule has 1 fully saturated rings. The molecule has 1 atom stereocenters. The summed E-state index contributed by atoms with van der Waals surface area (Å²) in [4.78, 5) is 37.5. The third kappa shape index (κ3) is 3.97. The largest absolute Gasteiger partial charge is 0.481 e. The number of benzene rings is 1. The highest BCUT2D eigenvalue weighted by molar-refractivity contribution is 7.10. The number of aliphatic carboxylic acids is 1. The number of carbonyl (C=O) groups is 3. The molecule has 3 N–H and O–H groups in total. The predicted molar refractivity (Wildman–Crippen MR) is 94.0 cm³/mol. The molecule has 0 spiro atoms. The Morgan fingerprint density at radius 2 is 2.04 bits per heavy atom. The Hall–Kier alpha value is -2.87. The van der Waals surface area contributed by atoms with Crippen molar-refractivity contribution < 1.29 is 19.5 Å². The van der Waals surface area contributed by atoms with Crippen LogP contribution in [0.25, 0.3) is 0 Å². The Morgan fingerprint density at radius 3 is 2.60 bits per heavy atom. The summed E-state index contributed by atoms with van der Waals surface area (Å²) in [7, 11) is 0. The topological polar surface area (TPSA) is 98.7 Å². The number of anilines is 1. The van der Waals surface area contributed by atoms with E-state index in [9.17, 15) is 14.4 Å². The number of hydrogen-bond acceptors (Lipinski definition) is 4. The maximum atomic E-state index is 12.4. The maximum Gasteiger partial charge on any atom is 0.321 e. The molecule has 0 aliphatic carbocycles. The summed E-state index contributed by atoms with van der Waals surface area (Å²) in [5.41, 5.74) is 1.13. The Balaban J connectivity index is 1.71. The molecule has 0 saturated carbocycles. The second kappa shape index (κ2) is 7.35. The van der Waals surface area contributed by atoms with Crippen LogP contribution >= 0.6 is 11.3 Å². The summed E-state index contributed by atoms with van der Waals surface area (Å²) in [5.74, 6) is -1.33. The summed E-state index contributed by atoms with van der Waals surface area (Å²) in [6.45, 7) is 1.18. The molecule has 3 rings (SSSR count). The number of urea groups is 1. The van der Waals surface area contributed by atoms with Gasteiger partial charge in [-0.1, -0.05) is 6.07 Å². The number of nitrogens with zero attached hydrogens (tertiary/aromatic N) is 1. The second-order valence-corrected chi connectivity index (χ2v) is 6.55. The van der Waals surface area contributed by atoms with Gasteiger partial charge in [-0.2, -0.15) is 0 Å². The number of carbonyl (C=O) groups excluding carboxylic acids is 2. The maximum absolute atomic E-state index is 12.4. The second-order valence-electron chi connectivity index (χ2n) is 5.57. The van der Waals surface area contributed by atoms with Gasteiger partial charge in [0.25, 0.3) is 5.91 Å². The number of rotatable bonds is 6. The molecule has 2 heterocycles. The summed E-state index contributed by atoms with van der Waals surface area (Å²) in [6, 6.07) is 9.55. The van der Waals surface area contributed by atoms with Crippen LogP contribution in [0.1, 0.15) is 27.7 Å². The molecule has 1 saturated heterocycles. The smallest absolute Gasteiger partial charge is 0.321 e. The first-order valence-electron chi connectivity index (χ1n) is 7.76. The molecule has 0 radical (unpaired) electrons. The SMILES string of the molecule is O=C(O)C[C@H](NC(=O)c1ccc(N2CCNC2=O)cc1)c1cccs1. The van der Waals surface area contributed by atoms with Crippen LogP contribution in [0, 0.1) is 0 Å². The lowest BCUT2D eigenvalue weighted by Gasteiger charge is -2.17. The molecular formula is C17H17N3O4S. The monoisotopic (exact) mass is 359 g/mol. The molecule has 25 heavy (non-hydrogen) atoms. The van der Waals surface area contributed by atoms with Crippen molar-refractivity contribution in [2.24, 2.45) is 0 Å². The highest BCUT2D eigenvalue weighted by Gasteiger charge is 2.22. The first-order valence-corrected chi connectivity index (χ1v) is 8.64. The number of nitrogens with one attached hydrogen (secondary N) is 2. The molecule has 2 aromatic rings. The van der Waals surface area contributed by atoms with E-state index in [1.54, 1.807) is 35.2 Å². The van der Waals surface area contributed by atoms with E-state index in [0.29, 0.717) is 24.3 Å². The van der Waals surface area contributed by atoms with Gasteiger partial charge in [-0.3, -0.25) is 14.5 Å². The highest BCUT2D eigenvalue weighted by Crippen LogP contribution is 2.23. The minimum atomic E-state index is -0.978. The summed E-state index contributed by atoms with van der Waals surface area (Å²) < 4.78 is 0. The fourth-order valence-corrected chi connectivity index (χ4v) is 3.42. The molecule has 8 heteroatoms. The van der Waals surface area contributed by atoms with Crippen molar-refractivity contribution in [2.45, 2.75) is 12.5 Å². The number of thiophene rings is 1. The number of hydrogen-bond donors (Lipinski definition) is 3. The molecule has 1 aromatic carbocycles. The number of carboxylic acid groups (broad SMARTS) is 1. The van der Waals surface area contributed by atoms with Crippen LogP contribution in [0.15, 0.2) is 41.8 Å². The zero-order chi connectivity index (χ0) is 17.8. The molecule has 130 valence electrons. The Morgan fingerprint density at radius 1 is 1.28 bits per heavy atom. The summed E-state index contributed by atoms with van der Waals surface area (Å²) in [5, 5.41) is 16.4. The molecule has 1 aromatic heterocycles. The van der Waals surface area contributed by atoms with E-state index in [4.69, 9.17) is 5.11 Å². The number of amides is 3. The summed E-state index contributed by atoms with van der Waals surface area (Å²) >= 11 is 1.40. The highest BCUT2D eigenvalue weighted by atomic mass is 32.1. The quantitative estimate of drug-likeness (QED) is 0.736. The lowest BCUT2D eigenvalue weighted by molar-refractivity contribution is -0.137. The van der Waals surface area contributed by atoms with E-state index < -0.39 is 12.0 Å². The van der Waals surface area contributed by atoms with Crippen LogP contribution in [-0.4, -0.2) is 36.1 Å². The van der Waals surface area contributed by atoms with Crippen molar-refractivity contribution in [1.82, 2.24) is 10.6 Å². The fourth-order valence-electron chi connectivity index (χ4n) is 2.64. The normalized spacial score (nSPS) is 14.9. The molecule has 1 aliphatic rings. The van der Waals surface area contributed by atoms with E-state index in [-0.39, 0.29) is 18.4 Å². The molecule has 7 nitrogen and oxygen atoms in total. The van der Waals surface area contributed by atoms with E-state index >= 15 is 0 Å². The Bertz CT molecular complexity index is 774. The van der Waals surface area contributed by atoms with Crippen LogP contribution in [0.5, 0.6) is 0 Å². The lowest BCUT2D eigenvalue weighted by atomic mass is 10.1. The van der Waals surface area contributed by atoms with Crippen molar-refractivity contribution in [3.63, 3.8) is 0 Å². The van der Waals surface area contributed by atoms with E-state index in [1.807, 2.05) is 11.4 Å². The van der Waals surface area contributed by atoms with Gasteiger partial charge < -0.3 is 15.7 Å². The van der Waals surface area contributed by atoms with E-state index in [1.165, 1.54) is 11.3 Å². The van der Waals surface area contributed by atoms with Gasteiger partial charge in [0.15, 0.2) is 0 Å². The lowest BCUT2D eigenvalue weighted by Crippen LogP contribution is -2.30. The van der Waals surface area contributed by atoms with Gasteiger partial charge in [0.05, 0.1) is 12.5 Å². The van der Waals surface area contributed by atoms with Gasteiger partial charge in [0.2, 0.25) is 0 Å². The zero-order valence-corrected chi connectivity index (χ0v) is 14.1. The van der Waals surface area contributed by atoms with Crippen LogP contribution < -0.4 is 15.5 Å². The average Bonchev–Trinajstić information content (AvgIpc) is 3.25. The Kier molecular flexibility index (Phi) is 4.99. The van der Waals surface area contributed by atoms with Crippen molar-refractivity contribution >= 4 is 34.9 Å².